The number of benzene rings is 1. The number of hydrogen-bond donors (Lipinski definition) is 1. The molecule has 0 saturated carbocycles. The standard InChI is InChI=1S/C13H20ClNO3/c1-5-15-11(8-16-2)9-6-10(14)13(18-4)12(7-9)17-3/h6-7,11,15H,5,8H2,1-4H3. The van der Waals surface area contributed by atoms with Crippen molar-refractivity contribution in [3.8, 4) is 11.5 Å². The van der Waals surface area contributed by atoms with Crippen LogP contribution < -0.4 is 14.8 Å². The van der Waals surface area contributed by atoms with Gasteiger partial charge in [0.1, 0.15) is 0 Å². The van der Waals surface area contributed by atoms with Gasteiger partial charge >= 0.3 is 0 Å². The van der Waals surface area contributed by atoms with Gasteiger partial charge in [-0.15, -0.1) is 0 Å². The van der Waals surface area contributed by atoms with Gasteiger partial charge in [0.2, 0.25) is 0 Å². The van der Waals surface area contributed by atoms with Crippen molar-refractivity contribution >= 4 is 11.6 Å². The van der Waals surface area contributed by atoms with Gasteiger partial charge in [-0.05, 0) is 24.2 Å². The zero-order chi connectivity index (χ0) is 13.5. The summed E-state index contributed by atoms with van der Waals surface area (Å²) in [7, 11) is 4.84. The van der Waals surface area contributed by atoms with Crippen LogP contribution in [0.5, 0.6) is 11.5 Å². The molecule has 0 amide bonds. The fourth-order valence-electron chi connectivity index (χ4n) is 1.83. The number of nitrogens with one attached hydrogen (secondary N) is 1. The van der Waals surface area contributed by atoms with Crippen LogP contribution in [0.1, 0.15) is 18.5 Å². The van der Waals surface area contributed by atoms with E-state index in [1.54, 1.807) is 21.3 Å². The van der Waals surface area contributed by atoms with Crippen molar-refractivity contribution in [2.24, 2.45) is 0 Å². The molecule has 18 heavy (non-hydrogen) atoms. The predicted molar refractivity (Wildman–Crippen MR) is 72.8 cm³/mol. The Morgan fingerprint density at radius 1 is 1.22 bits per heavy atom. The predicted octanol–water partition coefficient (Wildman–Crippen LogP) is 2.65. The molecular weight excluding hydrogens is 254 g/mol. The van der Waals surface area contributed by atoms with Crippen molar-refractivity contribution in [3.63, 3.8) is 0 Å². The monoisotopic (exact) mass is 273 g/mol. The quantitative estimate of drug-likeness (QED) is 0.829. The van der Waals surface area contributed by atoms with E-state index in [0.29, 0.717) is 23.1 Å². The largest absolute Gasteiger partial charge is 0.493 e. The summed E-state index contributed by atoms with van der Waals surface area (Å²) in [4.78, 5) is 0. The van der Waals surface area contributed by atoms with E-state index < -0.39 is 0 Å². The first-order chi connectivity index (χ1) is 8.67. The van der Waals surface area contributed by atoms with Gasteiger partial charge in [0.05, 0.1) is 31.9 Å². The van der Waals surface area contributed by atoms with Gasteiger partial charge in [-0.3, -0.25) is 0 Å². The van der Waals surface area contributed by atoms with E-state index in [-0.39, 0.29) is 6.04 Å². The third-order valence-corrected chi connectivity index (χ3v) is 2.92. The van der Waals surface area contributed by atoms with E-state index in [0.717, 1.165) is 12.1 Å². The van der Waals surface area contributed by atoms with Gasteiger partial charge < -0.3 is 19.5 Å². The summed E-state index contributed by atoms with van der Waals surface area (Å²) in [5, 5.41) is 3.87. The molecule has 1 aromatic carbocycles. The summed E-state index contributed by atoms with van der Waals surface area (Å²) in [5.41, 5.74) is 1.02. The molecule has 0 aliphatic heterocycles. The number of rotatable bonds is 7. The Bertz CT molecular complexity index is 379. The van der Waals surface area contributed by atoms with Crippen molar-refractivity contribution in [1.82, 2.24) is 5.32 Å². The average Bonchev–Trinajstić information content (AvgIpc) is 2.37. The molecule has 0 radical (unpaired) electrons. The van der Waals surface area contributed by atoms with Crippen molar-refractivity contribution < 1.29 is 14.2 Å². The third-order valence-electron chi connectivity index (χ3n) is 2.64. The highest BCUT2D eigenvalue weighted by atomic mass is 35.5. The van der Waals surface area contributed by atoms with Crippen LogP contribution in [-0.4, -0.2) is 34.5 Å². The van der Waals surface area contributed by atoms with E-state index in [1.165, 1.54) is 0 Å². The van der Waals surface area contributed by atoms with E-state index in [4.69, 9.17) is 25.8 Å². The van der Waals surface area contributed by atoms with E-state index >= 15 is 0 Å². The van der Waals surface area contributed by atoms with Crippen LogP contribution in [0, 0.1) is 0 Å². The van der Waals surface area contributed by atoms with Crippen LogP contribution in [-0.2, 0) is 4.74 Å². The Hall–Kier alpha value is -0.970. The highest BCUT2D eigenvalue weighted by Crippen LogP contribution is 2.37. The molecular formula is C13H20ClNO3. The Kier molecular flexibility index (Phi) is 6.25. The second kappa shape index (κ2) is 7.46. The van der Waals surface area contributed by atoms with Crippen LogP contribution in [0.3, 0.4) is 0 Å². The van der Waals surface area contributed by atoms with Gasteiger partial charge in [-0.1, -0.05) is 18.5 Å². The summed E-state index contributed by atoms with van der Waals surface area (Å²) in [6.45, 7) is 3.46. The molecule has 1 atom stereocenters. The summed E-state index contributed by atoms with van der Waals surface area (Å²) in [5.74, 6) is 1.18. The molecule has 0 aliphatic rings. The fourth-order valence-corrected chi connectivity index (χ4v) is 2.12. The molecule has 0 saturated heterocycles. The zero-order valence-electron chi connectivity index (χ0n) is 11.2. The zero-order valence-corrected chi connectivity index (χ0v) is 12.0. The molecule has 0 fully saturated rings. The molecule has 0 aliphatic carbocycles. The lowest BCUT2D eigenvalue weighted by Crippen LogP contribution is -2.24. The molecule has 1 N–H and O–H groups in total. The smallest absolute Gasteiger partial charge is 0.179 e. The molecule has 5 heteroatoms. The molecule has 1 aromatic rings. The molecule has 0 aromatic heterocycles. The topological polar surface area (TPSA) is 39.7 Å². The minimum Gasteiger partial charge on any atom is -0.493 e. The first-order valence-corrected chi connectivity index (χ1v) is 6.19. The van der Waals surface area contributed by atoms with Crippen LogP contribution >= 0.6 is 11.6 Å². The maximum Gasteiger partial charge on any atom is 0.179 e. The van der Waals surface area contributed by atoms with Gasteiger partial charge in [-0.2, -0.15) is 0 Å². The van der Waals surface area contributed by atoms with Crippen LogP contribution in [0.15, 0.2) is 12.1 Å². The minimum absolute atomic E-state index is 0.0808. The van der Waals surface area contributed by atoms with E-state index in [9.17, 15) is 0 Å². The molecule has 0 bridgehead atoms. The highest BCUT2D eigenvalue weighted by molar-refractivity contribution is 6.32. The van der Waals surface area contributed by atoms with Gasteiger partial charge in [-0.25, -0.2) is 0 Å². The van der Waals surface area contributed by atoms with Crippen molar-refractivity contribution in [2.45, 2.75) is 13.0 Å². The van der Waals surface area contributed by atoms with Crippen molar-refractivity contribution in [2.75, 3.05) is 34.5 Å². The Morgan fingerprint density at radius 2 is 1.94 bits per heavy atom. The lowest BCUT2D eigenvalue weighted by atomic mass is 10.1. The van der Waals surface area contributed by atoms with E-state index in [1.807, 2.05) is 19.1 Å². The first-order valence-electron chi connectivity index (χ1n) is 5.81. The summed E-state index contributed by atoms with van der Waals surface area (Å²) < 4.78 is 15.7. The summed E-state index contributed by atoms with van der Waals surface area (Å²) in [6.07, 6.45) is 0. The number of methoxy groups -OCH3 is 3. The van der Waals surface area contributed by atoms with Crippen LogP contribution in [0.25, 0.3) is 0 Å². The lowest BCUT2D eigenvalue weighted by molar-refractivity contribution is 0.167. The lowest BCUT2D eigenvalue weighted by Gasteiger charge is -2.19. The Balaban J connectivity index is 3.11. The normalized spacial score (nSPS) is 12.3. The number of halogens is 1. The summed E-state index contributed by atoms with van der Waals surface area (Å²) >= 11 is 6.18. The second-order valence-electron chi connectivity index (χ2n) is 3.80. The average molecular weight is 274 g/mol. The first kappa shape index (κ1) is 15.1. The Morgan fingerprint density at radius 3 is 2.44 bits per heavy atom. The molecule has 0 heterocycles. The summed E-state index contributed by atoms with van der Waals surface area (Å²) in [6, 6.07) is 3.86. The minimum atomic E-state index is 0.0808. The van der Waals surface area contributed by atoms with Gasteiger partial charge in [0.25, 0.3) is 0 Å². The third kappa shape index (κ3) is 3.51. The Labute approximate surface area is 113 Å². The molecule has 0 spiro atoms. The molecule has 1 unspecified atom stereocenters. The molecule has 102 valence electrons. The van der Waals surface area contributed by atoms with E-state index in [2.05, 4.69) is 5.32 Å². The molecule has 1 rings (SSSR count). The van der Waals surface area contributed by atoms with Gasteiger partial charge in [0.15, 0.2) is 11.5 Å². The highest BCUT2D eigenvalue weighted by Gasteiger charge is 2.16. The fraction of sp³-hybridized carbons (Fsp3) is 0.538. The number of ether oxygens (including phenoxy) is 3. The van der Waals surface area contributed by atoms with Gasteiger partial charge in [0, 0.05) is 7.11 Å². The second-order valence-corrected chi connectivity index (χ2v) is 4.21. The number of hydrogen-bond acceptors (Lipinski definition) is 4. The molecule has 4 nitrogen and oxygen atoms in total. The van der Waals surface area contributed by atoms with Crippen LogP contribution in [0.4, 0.5) is 0 Å². The van der Waals surface area contributed by atoms with Crippen molar-refractivity contribution in [1.29, 1.82) is 0 Å². The SMILES string of the molecule is CCNC(COC)c1cc(Cl)c(OC)c(OC)c1. The van der Waals surface area contributed by atoms with Crippen LogP contribution in [0.2, 0.25) is 5.02 Å². The maximum atomic E-state index is 6.18. The number of likely N-dealkylation sites (N-methyl/N-ethyl adjacent to an activating group) is 1. The maximum absolute atomic E-state index is 6.18. The van der Waals surface area contributed by atoms with Crippen molar-refractivity contribution in [3.05, 3.63) is 22.7 Å².